The van der Waals surface area contributed by atoms with Crippen molar-refractivity contribution in [2.24, 2.45) is 0 Å². The lowest BCUT2D eigenvalue weighted by Crippen LogP contribution is -1.94. The first-order valence-corrected chi connectivity index (χ1v) is 24.2. The second kappa shape index (κ2) is 41.6. The van der Waals surface area contributed by atoms with Gasteiger partial charge in [-0.05, 0) is 84.2 Å². The summed E-state index contributed by atoms with van der Waals surface area (Å²) in [6, 6.07) is 103. The van der Waals surface area contributed by atoms with E-state index in [2.05, 4.69) is 196 Å². The van der Waals surface area contributed by atoms with Crippen LogP contribution in [0.2, 0.25) is 0 Å². The molecular weight excluding hydrogens is 897 g/mol. The zero-order valence-corrected chi connectivity index (χ0v) is 40.9. The van der Waals surface area contributed by atoms with Gasteiger partial charge >= 0.3 is 0 Å². The molecule has 10 rings (SSSR count). The summed E-state index contributed by atoms with van der Waals surface area (Å²) in [4.78, 5) is 0. The van der Waals surface area contributed by atoms with Crippen LogP contribution in [-0.2, 0) is 43.8 Å². The van der Waals surface area contributed by atoms with Crippen LogP contribution in [0.15, 0.2) is 303 Å². The predicted octanol–water partition coefficient (Wildman–Crippen LogP) is 20.0. The van der Waals surface area contributed by atoms with E-state index < -0.39 is 0 Å². The Bertz CT molecular complexity index is 2430. The number of hydrogen-bond acceptors (Lipinski definition) is 2. The Hall–Kier alpha value is -8.04. The van der Waals surface area contributed by atoms with E-state index in [1.807, 2.05) is 121 Å². The highest BCUT2D eigenvalue weighted by atomic mass is 16.5. The van der Waals surface area contributed by atoms with Crippen molar-refractivity contribution in [2.75, 3.05) is 0 Å². The molecule has 0 spiro atoms. The molecule has 2 heteroatoms. The molecule has 0 aliphatic carbocycles. The standard InChI is InChI=1S/C14H14O.C14H14.C13H12O.C13H12.2C7H8.4CH4/c1-3-7-13(8-4-1)11-15-12-14-9-5-2-6-10-14;1-3-7-13(8-4-1)11-12-14-9-5-2-6-10-14;1-3-7-12(8-4-1)11-14-13-9-5-2-6-10-13;1-3-7-12(8-4-1)11-13-9-5-2-6-10-13;2*1-7-5-3-2-4-6-7;;;;/h1-10H,11-12H2;1-10H,11-12H2;1-10H,11H2;1-10H,11H2;2*2-6H,1H3;4*1H4. The molecule has 0 amide bonds. The summed E-state index contributed by atoms with van der Waals surface area (Å²) >= 11 is 0. The van der Waals surface area contributed by atoms with Crippen LogP contribution in [0.25, 0.3) is 0 Å². The van der Waals surface area contributed by atoms with Crippen molar-refractivity contribution in [3.05, 3.63) is 353 Å². The van der Waals surface area contributed by atoms with Gasteiger partial charge in [-0.1, -0.05) is 332 Å². The van der Waals surface area contributed by atoms with E-state index in [-0.39, 0.29) is 29.7 Å². The van der Waals surface area contributed by atoms with E-state index in [0.29, 0.717) is 19.8 Å². The topological polar surface area (TPSA) is 18.5 Å². The molecular formula is C72H84O2. The van der Waals surface area contributed by atoms with Gasteiger partial charge in [-0.25, -0.2) is 0 Å². The summed E-state index contributed by atoms with van der Waals surface area (Å²) in [5.41, 5.74) is 11.8. The average Bonchev–Trinajstić information content (AvgIpc) is 3.43. The molecule has 0 heterocycles. The van der Waals surface area contributed by atoms with Gasteiger partial charge in [0.2, 0.25) is 0 Å². The summed E-state index contributed by atoms with van der Waals surface area (Å²) < 4.78 is 11.2. The summed E-state index contributed by atoms with van der Waals surface area (Å²) in [7, 11) is 0. The van der Waals surface area contributed by atoms with Gasteiger partial charge in [0, 0.05) is 0 Å². The molecule has 10 aromatic carbocycles. The van der Waals surface area contributed by atoms with Gasteiger partial charge in [-0.15, -0.1) is 0 Å². The monoisotopic (exact) mass is 981 g/mol. The predicted molar refractivity (Wildman–Crippen MR) is 324 cm³/mol. The Morgan fingerprint density at radius 1 is 0.230 bits per heavy atom. The van der Waals surface area contributed by atoms with E-state index in [4.69, 9.17) is 9.47 Å². The van der Waals surface area contributed by atoms with Crippen LogP contribution < -0.4 is 4.74 Å². The second-order valence-corrected chi connectivity index (χ2v) is 16.5. The van der Waals surface area contributed by atoms with E-state index in [0.717, 1.165) is 25.0 Å². The van der Waals surface area contributed by atoms with E-state index in [1.54, 1.807) is 0 Å². The van der Waals surface area contributed by atoms with E-state index in [1.165, 1.54) is 50.1 Å². The second-order valence-electron chi connectivity index (χ2n) is 16.5. The third-order valence-corrected chi connectivity index (χ3v) is 10.6. The number of rotatable bonds is 12. The van der Waals surface area contributed by atoms with Gasteiger partial charge in [0.05, 0.1) is 13.2 Å². The van der Waals surface area contributed by atoms with E-state index >= 15 is 0 Å². The fraction of sp³-hybridized carbons (Fsp3) is 0.167. The lowest BCUT2D eigenvalue weighted by molar-refractivity contribution is 0.107. The molecule has 0 aliphatic rings. The van der Waals surface area contributed by atoms with Crippen molar-refractivity contribution >= 4 is 0 Å². The van der Waals surface area contributed by atoms with E-state index in [9.17, 15) is 0 Å². The van der Waals surface area contributed by atoms with Gasteiger partial charge in [0.25, 0.3) is 0 Å². The third-order valence-electron chi connectivity index (χ3n) is 10.6. The van der Waals surface area contributed by atoms with Crippen LogP contribution in [0, 0.1) is 13.8 Å². The van der Waals surface area contributed by atoms with Crippen LogP contribution in [0.3, 0.4) is 0 Å². The molecule has 0 fully saturated rings. The normalized spacial score (nSPS) is 9.16. The fourth-order valence-corrected chi connectivity index (χ4v) is 6.77. The summed E-state index contributed by atoms with van der Waals surface area (Å²) in [5, 5.41) is 0. The Morgan fingerprint density at radius 3 is 0.703 bits per heavy atom. The molecule has 0 N–H and O–H groups in total. The minimum absolute atomic E-state index is 0. The van der Waals surface area contributed by atoms with Crippen molar-refractivity contribution in [1.29, 1.82) is 0 Å². The number of para-hydroxylation sites is 1. The van der Waals surface area contributed by atoms with Crippen molar-refractivity contribution in [2.45, 2.75) is 82.6 Å². The highest BCUT2D eigenvalue weighted by molar-refractivity contribution is 5.26. The summed E-state index contributed by atoms with van der Waals surface area (Å²) in [6.07, 6.45) is 3.29. The molecule has 384 valence electrons. The average molecular weight is 981 g/mol. The highest BCUT2D eigenvalue weighted by Gasteiger charge is 1.96. The van der Waals surface area contributed by atoms with Crippen LogP contribution >= 0.6 is 0 Å². The molecule has 0 atom stereocenters. The maximum Gasteiger partial charge on any atom is 0.119 e. The first-order chi connectivity index (χ1) is 34.6. The molecule has 74 heavy (non-hydrogen) atoms. The molecule has 0 aliphatic heterocycles. The maximum atomic E-state index is 5.61. The van der Waals surface area contributed by atoms with Gasteiger partial charge < -0.3 is 9.47 Å². The zero-order chi connectivity index (χ0) is 48.8. The molecule has 2 nitrogen and oxygen atoms in total. The van der Waals surface area contributed by atoms with Gasteiger partial charge in [0.1, 0.15) is 12.4 Å². The smallest absolute Gasteiger partial charge is 0.119 e. The zero-order valence-electron chi connectivity index (χ0n) is 40.9. The highest BCUT2D eigenvalue weighted by Crippen LogP contribution is 2.12. The molecule has 0 radical (unpaired) electrons. The van der Waals surface area contributed by atoms with Gasteiger partial charge in [-0.2, -0.15) is 0 Å². The Morgan fingerprint density at radius 2 is 0.446 bits per heavy atom. The minimum atomic E-state index is 0. The lowest BCUT2D eigenvalue weighted by Gasteiger charge is -2.05. The maximum absolute atomic E-state index is 5.61. The first kappa shape index (κ1) is 64.0. The van der Waals surface area contributed by atoms with Crippen LogP contribution in [0.5, 0.6) is 5.75 Å². The Labute approximate surface area is 449 Å². The van der Waals surface area contributed by atoms with Crippen LogP contribution in [0.1, 0.15) is 79.8 Å². The van der Waals surface area contributed by atoms with Crippen LogP contribution in [0.4, 0.5) is 0 Å². The molecule has 0 unspecified atom stereocenters. The van der Waals surface area contributed by atoms with Crippen molar-refractivity contribution in [3.8, 4) is 5.75 Å². The number of hydrogen-bond donors (Lipinski definition) is 0. The summed E-state index contributed by atoms with van der Waals surface area (Å²) in [5.74, 6) is 0.913. The summed E-state index contributed by atoms with van der Waals surface area (Å²) in [6.45, 7) is 6.15. The molecule has 0 saturated heterocycles. The quantitative estimate of drug-likeness (QED) is 0.121. The number of ether oxygens (including phenoxy) is 2. The van der Waals surface area contributed by atoms with Gasteiger partial charge in [-0.3, -0.25) is 0 Å². The molecule has 0 aromatic heterocycles. The molecule has 0 saturated carbocycles. The number of benzene rings is 10. The molecule has 0 bridgehead atoms. The van der Waals surface area contributed by atoms with Crippen molar-refractivity contribution in [1.82, 2.24) is 0 Å². The SMILES string of the molecule is C.C.C.C.Cc1ccccc1.Cc1ccccc1.c1ccc(CCc2ccccc2)cc1.c1ccc(COCc2ccccc2)cc1.c1ccc(COc2ccccc2)cc1.c1ccc(Cc2ccccc2)cc1. The Kier molecular flexibility index (Phi) is 35.9. The number of aryl methyl sites for hydroxylation is 4. The van der Waals surface area contributed by atoms with Crippen molar-refractivity contribution < 1.29 is 9.47 Å². The molecule has 10 aromatic rings. The third kappa shape index (κ3) is 30.0. The first-order valence-electron chi connectivity index (χ1n) is 24.2. The van der Waals surface area contributed by atoms with Crippen molar-refractivity contribution in [3.63, 3.8) is 0 Å². The van der Waals surface area contributed by atoms with Gasteiger partial charge in [0.15, 0.2) is 0 Å². The lowest BCUT2D eigenvalue weighted by atomic mass is 10.0. The minimum Gasteiger partial charge on any atom is -0.489 e. The fourth-order valence-electron chi connectivity index (χ4n) is 6.77. The van der Waals surface area contributed by atoms with Crippen LogP contribution in [-0.4, -0.2) is 0 Å². The largest absolute Gasteiger partial charge is 0.489 e. The Balaban J connectivity index is 0.000000448.